The number of thioether (sulfide) groups is 1. The summed E-state index contributed by atoms with van der Waals surface area (Å²) in [6.45, 7) is 0. The van der Waals surface area contributed by atoms with E-state index in [2.05, 4.69) is 21.5 Å². The maximum atomic E-state index is 12.4. The van der Waals surface area contributed by atoms with E-state index < -0.39 is 0 Å². The number of benzene rings is 1. The fourth-order valence-electron chi connectivity index (χ4n) is 2.40. The Kier molecular flexibility index (Phi) is 5.32. The van der Waals surface area contributed by atoms with Gasteiger partial charge in [-0.05, 0) is 47.3 Å². The number of rotatable bonds is 6. The van der Waals surface area contributed by atoms with Crippen LogP contribution in [-0.2, 0) is 5.75 Å². The fraction of sp³-hybridized carbons (Fsp3) is 0.0500. The molecule has 7 heteroatoms. The van der Waals surface area contributed by atoms with E-state index in [4.69, 9.17) is 4.52 Å². The van der Waals surface area contributed by atoms with E-state index in [-0.39, 0.29) is 11.6 Å². The molecule has 27 heavy (non-hydrogen) atoms. The Balaban J connectivity index is 1.36. The van der Waals surface area contributed by atoms with Crippen molar-refractivity contribution in [3.63, 3.8) is 0 Å². The topological polar surface area (TPSA) is 68.0 Å². The van der Waals surface area contributed by atoms with Crippen LogP contribution in [0.1, 0.15) is 16.1 Å². The van der Waals surface area contributed by atoms with Crippen molar-refractivity contribution in [3.8, 4) is 10.6 Å². The van der Waals surface area contributed by atoms with Crippen molar-refractivity contribution in [1.82, 2.24) is 10.1 Å². The molecular formula is C20H15N3O2S2. The summed E-state index contributed by atoms with van der Waals surface area (Å²) >= 11 is 3.26. The molecule has 0 saturated carbocycles. The summed E-state index contributed by atoms with van der Waals surface area (Å²) in [5.74, 6) is 1.15. The quantitative estimate of drug-likeness (QED) is 0.448. The van der Waals surface area contributed by atoms with Gasteiger partial charge in [0, 0.05) is 34.8 Å². The minimum atomic E-state index is -0.294. The van der Waals surface area contributed by atoms with Crippen LogP contribution in [-0.4, -0.2) is 16.0 Å². The molecule has 1 amide bonds. The van der Waals surface area contributed by atoms with Crippen LogP contribution in [0.25, 0.3) is 10.6 Å². The van der Waals surface area contributed by atoms with Crippen LogP contribution in [0.5, 0.6) is 0 Å². The average Bonchev–Trinajstić information content (AvgIpc) is 3.40. The second kappa shape index (κ2) is 8.20. The van der Waals surface area contributed by atoms with Crippen LogP contribution in [0.3, 0.4) is 0 Å². The fourth-order valence-corrected chi connectivity index (χ4v) is 3.90. The molecule has 1 aromatic carbocycles. The molecule has 0 bridgehead atoms. The Morgan fingerprint density at radius 1 is 1.15 bits per heavy atom. The highest BCUT2D eigenvalue weighted by atomic mass is 32.2. The van der Waals surface area contributed by atoms with Crippen LogP contribution < -0.4 is 5.32 Å². The zero-order valence-electron chi connectivity index (χ0n) is 14.2. The minimum Gasteiger partial charge on any atom is -0.355 e. The van der Waals surface area contributed by atoms with E-state index in [9.17, 15) is 4.79 Å². The number of nitrogens with zero attached hydrogens (tertiary/aromatic N) is 2. The summed E-state index contributed by atoms with van der Waals surface area (Å²) in [5.41, 5.74) is 2.15. The van der Waals surface area contributed by atoms with Gasteiger partial charge in [-0.1, -0.05) is 17.3 Å². The van der Waals surface area contributed by atoms with E-state index >= 15 is 0 Å². The van der Waals surface area contributed by atoms with E-state index in [1.165, 1.54) is 16.9 Å². The van der Waals surface area contributed by atoms with Gasteiger partial charge in [0.1, 0.15) is 0 Å². The van der Waals surface area contributed by atoms with Crippen molar-refractivity contribution in [2.75, 3.05) is 5.32 Å². The van der Waals surface area contributed by atoms with Crippen molar-refractivity contribution in [3.05, 3.63) is 83.6 Å². The highest BCUT2D eigenvalue weighted by molar-refractivity contribution is 7.98. The third-order valence-corrected chi connectivity index (χ3v) is 5.71. The van der Waals surface area contributed by atoms with Gasteiger partial charge in [-0.25, -0.2) is 0 Å². The monoisotopic (exact) mass is 393 g/mol. The zero-order chi connectivity index (χ0) is 18.5. The van der Waals surface area contributed by atoms with Crippen molar-refractivity contribution in [1.29, 1.82) is 0 Å². The lowest BCUT2D eigenvalue weighted by Crippen LogP contribution is -2.11. The molecule has 1 N–H and O–H groups in total. The van der Waals surface area contributed by atoms with Crippen LogP contribution in [0.4, 0.5) is 5.69 Å². The first-order chi connectivity index (χ1) is 13.3. The molecule has 0 spiro atoms. The lowest BCUT2D eigenvalue weighted by atomic mass is 10.3. The molecule has 4 aromatic rings. The number of hydrogen-bond acceptors (Lipinski definition) is 6. The van der Waals surface area contributed by atoms with Gasteiger partial charge in [0.25, 0.3) is 5.91 Å². The van der Waals surface area contributed by atoms with Crippen molar-refractivity contribution in [2.45, 2.75) is 10.6 Å². The Morgan fingerprint density at radius 2 is 2.04 bits per heavy atom. The van der Waals surface area contributed by atoms with Gasteiger partial charge in [-0.15, -0.1) is 23.1 Å². The van der Waals surface area contributed by atoms with Crippen LogP contribution >= 0.6 is 23.1 Å². The first-order valence-electron chi connectivity index (χ1n) is 8.22. The third-order valence-electron chi connectivity index (χ3n) is 3.75. The molecule has 3 aromatic heterocycles. The van der Waals surface area contributed by atoms with Gasteiger partial charge in [0.15, 0.2) is 11.5 Å². The van der Waals surface area contributed by atoms with Crippen LogP contribution in [0, 0.1) is 0 Å². The summed E-state index contributed by atoms with van der Waals surface area (Å²) in [7, 11) is 0. The molecule has 0 aliphatic carbocycles. The number of nitrogens with one attached hydrogen (secondary N) is 1. The Morgan fingerprint density at radius 3 is 2.78 bits per heavy atom. The summed E-state index contributed by atoms with van der Waals surface area (Å²) in [5, 5.41) is 8.65. The number of pyridine rings is 1. The summed E-state index contributed by atoms with van der Waals surface area (Å²) < 4.78 is 5.25. The molecule has 0 atom stereocenters. The Bertz CT molecular complexity index is 1010. The molecule has 4 rings (SSSR count). The van der Waals surface area contributed by atoms with Gasteiger partial charge in [0.2, 0.25) is 0 Å². The van der Waals surface area contributed by atoms with E-state index in [0.717, 1.165) is 15.5 Å². The predicted octanol–water partition coefficient (Wildman–Crippen LogP) is 5.34. The van der Waals surface area contributed by atoms with E-state index in [0.29, 0.717) is 11.4 Å². The maximum Gasteiger partial charge on any atom is 0.277 e. The highest BCUT2D eigenvalue weighted by Crippen LogP contribution is 2.26. The summed E-state index contributed by atoms with van der Waals surface area (Å²) in [6, 6.07) is 17.2. The van der Waals surface area contributed by atoms with Crippen molar-refractivity contribution < 1.29 is 9.32 Å². The SMILES string of the molecule is O=C(Nc1ccc(SCc2cccnc2)cc1)c1cc(-c2cccs2)on1. The normalized spacial score (nSPS) is 10.7. The predicted molar refractivity (Wildman–Crippen MR) is 108 cm³/mol. The molecule has 0 radical (unpaired) electrons. The first-order valence-corrected chi connectivity index (χ1v) is 10.1. The zero-order valence-corrected chi connectivity index (χ0v) is 15.8. The molecule has 0 aliphatic rings. The average molecular weight is 393 g/mol. The third kappa shape index (κ3) is 4.45. The smallest absolute Gasteiger partial charge is 0.277 e. The number of aromatic nitrogens is 2. The molecule has 0 unspecified atom stereocenters. The molecule has 134 valence electrons. The standard InChI is InChI=1S/C20H15N3O2S2/c24-20(17-11-18(25-23-17)19-4-2-10-26-19)22-15-5-7-16(8-6-15)27-13-14-3-1-9-21-12-14/h1-12H,13H2,(H,22,24). The number of carbonyl (C=O) groups is 1. The lowest BCUT2D eigenvalue weighted by molar-refractivity contribution is 0.101. The Labute approximate surface area is 164 Å². The van der Waals surface area contributed by atoms with Gasteiger partial charge in [-0.2, -0.15) is 0 Å². The molecule has 0 saturated heterocycles. The first kappa shape index (κ1) is 17.5. The second-order valence-electron chi connectivity index (χ2n) is 5.68. The van der Waals surface area contributed by atoms with Crippen molar-refractivity contribution in [2.24, 2.45) is 0 Å². The molecule has 0 aliphatic heterocycles. The molecule has 3 heterocycles. The van der Waals surface area contributed by atoms with Crippen LogP contribution in [0.2, 0.25) is 0 Å². The number of anilines is 1. The second-order valence-corrected chi connectivity index (χ2v) is 7.68. The molecule has 0 fully saturated rings. The largest absolute Gasteiger partial charge is 0.355 e. The van der Waals surface area contributed by atoms with Gasteiger partial charge < -0.3 is 9.84 Å². The van der Waals surface area contributed by atoms with Gasteiger partial charge >= 0.3 is 0 Å². The molecule has 5 nitrogen and oxygen atoms in total. The van der Waals surface area contributed by atoms with E-state index in [1.807, 2.05) is 54.0 Å². The maximum absolute atomic E-state index is 12.4. The van der Waals surface area contributed by atoms with Gasteiger partial charge in [0.05, 0.1) is 4.88 Å². The van der Waals surface area contributed by atoms with E-state index in [1.54, 1.807) is 24.0 Å². The Hall–Kier alpha value is -2.90. The lowest BCUT2D eigenvalue weighted by Gasteiger charge is -2.05. The number of thiophene rings is 1. The number of amides is 1. The molecular weight excluding hydrogens is 378 g/mol. The number of hydrogen-bond donors (Lipinski definition) is 1. The summed E-state index contributed by atoms with van der Waals surface area (Å²) in [4.78, 5) is 18.5. The summed E-state index contributed by atoms with van der Waals surface area (Å²) in [6.07, 6.45) is 3.63. The van der Waals surface area contributed by atoms with Crippen LogP contribution in [0.15, 0.2) is 81.8 Å². The number of carbonyl (C=O) groups excluding carboxylic acids is 1. The van der Waals surface area contributed by atoms with Gasteiger partial charge in [-0.3, -0.25) is 9.78 Å². The highest BCUT2D eigenvalue weighted by Gasteiger charge is 2.14. The minimum absolute atomic E-state index is 0.258. The van der Waals surface area contributed by atoms with Crippen molar-refractivity contribution >= 4 is 34.7 Å².